The second-order valence-electron chi connectivity index (χ2n) is 4.81. The Bertz CT molecular complexity index is 351. The first-order chi connectivity index (χ1) is 8.51. The van der Waals surface area contributed by atoms with E-state index >= 15 is 0 Å². The molecule has 0 aromatic heterocycles. The van der Waals surface area contributed by atoms with Crippen LogP contribution in [0.5, 0.6) is 11.5 Å². The summed E-state index contributed by atoms with van der Waals surface area (Å²) in [7, 11) is 1.63. The highest BCUT2D eigenvalue weighted by Gasteiger charge is 2.28. The zero-order valence-electron chi connectivity index (χ0n) is 11.3. The molecule has 0 bridgehead atoms. The van der Waals surface area contributed by atoms with Gasteiger partial charge in [0.05, 0.1) is 19.8 Å². The third kappa shape index (κ3) is 3.89. The molecule has 0 saturated carbocycles. The molecule has 4 nitrogen and oxygen atoms in total. The highest BCUT2D eigenvalue weighted by molar-refractivity contribution is 5.31. The summed E-state index contributed by atoms with van der Waals surface area (Å²) in [5.74, 6) is 1.60. The first kappa shape index (κ1) is 14.8. The fourth-order valence-electron chi connectivity index (χ4n) is 1.56. The first-order valence-corrected chi connectivity index (χ1v) is 6.17. The van der Waals surface area contributed by atoms with E-state index in [0.717, 1.165) is 11.5 Å². The molecular formula is C14H23NO3. The predicted molar refractivity (Wildman–Crippen MR) is 71.9 cm³/mol. The van der Waals surface area contributed by atoms with Crippen LogP contribution in [-0.4, -0.2) is 31.5 Å². The van der Waals surface area contributed by atoms with Crippen molar-refractivity contribution in [2.75, 3.05) is 20.3 Å². The second-order valence-corrected chi connectivity index (χ2v) is 4.81. The molecule has 0 heterocycles. The molecule has 0 spiro atoms. The Morgan fingerprint density at radius 2 is 1.83 bits per heavy atom. The lowest BCUT2D eigenvalue weighted by Crippen LogP contribution is -2.38. The zero-order chi connectivity index (χ0) is 13.6. The lowest BCUT2D eigenvalue weighted by molar-refractivity contribution is 0.0413. The average Bonchev–Trinajstić information content (AvgIpc) is 2.39. The van der Waals surface area contributed by atoms with E-state index in [9.17, 15) is 5.11 Å². The quantitative estimate of drug-likeness (QED) is 0.778. The number of methoxy groups -OCH3 is 1. The second kappa shape index (κ2) is 6.61. The van der Waals surface area contributed by atoms with Crippen molar-refractivity contribution in [1.82, 2.24) is 0 Å². The fraction of sp³-hybridized carbons (Fsp3) is 0.571. The van der Waals surface area contributed by atoms with Gasteiger partial charge in [-0.25, -0.2) is 0 Å². The van der Waals surface area contributed by atoms with Crippen molar-refractivity contribution in [2.45, 2.75) is 26.4 Å². The lowest BCUT2D eigenvalue weighted by atomic mass is 9.82. The summed E-state index contributed by atoms with van der Waals surface area (Å²) < 4.78 is 10.7. The predicted octanol–water partition coefficient (Wildman–Crippen LogP) is 1.81. The molecule has 4 heteroatoms. The van der Waals surface area contributed by atoms with Crippen LogP contribution in [0, 0.1) is 5.41 Å². The molecule has 3 N–H and O–H groups in total. The number of aliphatic hydroxyl groups excluding tert-OH is 1. The van der Waals surface area contributed by atoms with Crippen molar-refractivity contribution in [2.24, 2.45) is 11.1 Å². The van der Waals surface area contributed by atoms with Crippen LogP contribution in [0.25, 0.3) is 0 Å². The van der Waals surface area contributed by atoms with Gasteiger partial charge in [0.15, 0.2) is 0 Å². The highest BCUT2D eigenvalue weighted by Crippen LogP contribution is 2.25. The summed E-state index contributed by atoms with van der Waals surface area (Å²) in [6.07, 6.45) is 0.273. The van der Waals surface area contributed by atoms with E-state index in [1.807, 2.05) is 31.2 Å². The van der Waals surface area contributed by atoms with Crippen LogP contribution in [0.4, 0.5) is 0 Å². The van der Waals surface area contributed by atoms with Crippen molar-refractivity contribution >= 4 is 0 Å². The van der Waals surface area contributed by atoms with Crippen LogP contribution < -0.4 is 15.2 Å². The number of nitrogens with two attached hydrogens (primary N) is 1. The zero-order valence-corrected chi connectivity index (χ0v) is 11.3. The standard InChI is InChI=1S/C14H23NO3/c1-11(16)14(2,10-15)8-9-18-13-6-4-12(17-3)5-7-13/h4-7,11,16H,8-10,15H2,1-3H3. The average molecular weight is 253 g/mol. The van der Waals surface area contributed by atoms with E-state index in [4.69, 9.17) is 15.2 Å². The molecular weight excluding hydrogens is 230 g/mol. The smallest absolute Gasteiger partial charge is 0.119 e. The number of rotatable bonds is 7. The molecule has 0 aliphatic carbocycles. The Labute approximate surface area is 109 Å². The third-order valence-electron chi connectivity index (χ3n) is 3.48. The summed E-state index contributed by atoms with van der Waals surface area (Å²) in [5, 5.41) is 9.68. The van der Waals surface area contributed by atoms with Gasteiger partial charge in [0.25, 0.3) is 0 Å². The molecule has 0 aliphatic heterocycles. The summed E-state index contributed by atoms with van der Waals surface area (Å²) in [5.41, 5.74) is 5.39. The van der Waals surface area contributed by atoms with Gasteiger partial charge in [-0.2, -0.15) is 0 Å². The number of hydrogen-bond donors (Lipinski definition) is 2. The van der Waals surface area contributed by atoms with Crippen LogP contribution in [0.15, 0.2) is 24.3 Å². The number of hydrogen-bond acceptors (Lipinski definition) is 4. The summed E-state index contributed by atoms with van der Waals surface area (Å²) in [4.78, 5) is 0. The molecule has 1 aromatic rings. The molecule has 1 aromatic carbocycles. The fourth-order valence-corrected chi connectivity index (χ4v) is 1.56. The summed E-state index contributed by atoms with van der Waals surface area (Å²) in [6, 6.07) is 7.43. The van der Waals surface area contributed by atoms with Crippen molar-refractivity contribution in [3.8, 4) is 11.5 Å². The normalized spacial score (nSPS) is 15.8. The molecule has 0 aliphatic rings. The Morgan fingerprint density at radius 3 is 2.28 bits per heavy atom. The third-order valence-corrected chi connectivity index (χ3v) is 3.48. The molecule has 0 fully saturated rings. The Hall–Kier alpha value is -1.26. The van der Waals surface area contributed by atoms with Crippen LogP contribution in [0.2, 0.25) is 0 Å². The minimum atomic E-state index is -0.443. The SMILES string of the molecule is COc1ccc(OCCC(C)(CN)C(C)O)cc1. The van der Waals surface area contributed by atoms with Gasteiger partial charge in [-0.05, 0) is 37.6 Å². The lowest BCUT2D eigenvalue weighted by Gasteiger charge is -2.30. The maximum atomic E-state index is 9.68. The van der Waals surface area contributed by atoms with Gasteiger partial charge < -0.3 is 20.3 Å². The number of benzene rings is 1. The van der Waals surface area contributed by atoms with Crippen molar-refractivity contribution in [1.29, 1.82) is 0 Å². The van der Waals surface area contributed by atoms with Gasteiger partial charge in [-0.1, -0.05) is 6.92 Å². The molecule has 18 heavy (non-hydrogen) atoms. The van der Waals surface area contributed by atoms with Crippen LogP contribution in [0.3, 0.4) is 0 Å². The van der Waals surface area contributed by atoms with E-state index in [2.05, 4.69) is 0 Å². The summed E-state index contributed by atoms with van der Waals surface area (Å²) >= 11 is 0. The molecule has 2 unspecified atom stereocenters. The topological polar surface area (TPSA) is 64.7 Å². The van der Waals surface area contributed by atoms with Crippen molar-refractivity contribution in [3.63, 3.8) is 0 Å². The Morgan fingerprint density at radius 1 is 1.28 bits per heavy atom. The van der Waals surface area contributed by atoms with E-state index in [1.165, 1.54) is 0 Å². The van der Waals surface area contributed by atoms with Crippen LogP contribution in [0.1, 0.15) is 20.3 Å². The van der Waals surface area contributed by atoms with Crippen molar-refractivity contribution < 1.29 is 14.6 Å². The minimum absolute atomic E-state index is 0.299. The largest absolute Gasteiger partial charge is 0.497 e. The maximum absolute atomic E-state index is 9.68. The van der Waals surface area contributed by atoms with E-state index in [1.54, 1.807) is 14.0 Å². The molecule has 0 amide bonds. The number of aliphatic hydroxyl groups is 1. The van der Waals surface area contributed by atoms with Crippen LogP contribution >= 0.6 is 0 Å². The van der Waals surface area contributed by atoms with Gasteiger partial charge >= 0.3 is 0 Å². The molecule has 1 rings (SSSR count). The van der Waals surface area contributed by atoms with Gasteiger partial charge in [0.2, 0.25) is 0 Å². The molecule has 102 valence electrons. The van der Waals surface area contributed by atoms with Gasteiger partial charge in [0.1, 0.15) is 11.5 Å². The van der Waals surface area contributed by atoms with E-state index in [-0.39, 0.29) is 5.41 Å². The first-order valence-electron chi connectivity index (χ1n) is 6.17. The molecule has 2 atom stereocenters. The summed E-state index contributed by atoms with van der Waals surface area (Å²) in [6.45, 7) is 4.71. The van der Waals surface area contributed by atoms with E-state index < -0.39 is 6.10 Å². The van der Waals surface area contributed by atoms with E-state index in [0.29, 0.717) is 19.6 Å². The van der Waals surface area contributed by atoms with Crippen molar-refractivity contribution in [3.05, 3.63) is 24.3 Å². The monoisotopic (exact) mass is 253 g/mol. The Kier molecular flexibility index (Phi) is 5.44. The Balaban J connectivity index is 2.45. The highest BCUT2D eigenvalue weighted by atomic mass is 16.5. The van der Waals surface area contributed by atoms with Gasteiger partial charge in [-0.15, -0.1) is 0 Å². The van der Waals surface area contributed by atoms with Gasteiger partial charge in [0, 0.05) is 12.0 Å². The minimum Gasteiger partial charge on any atom is -0.497 e. The number of ether oxygens (including phenoxy) is 2. The maximum Gasteiger partial charge on any atom is 0.119 e. The molecule has 0 radical (unpaired) electrons. The van der Waals surface area contributed by atoms with Gasteiger partial charge in [-0.3, -0.25) is 0 Å². The molecule has 0 saturated heterocycles. The van der Waals surface area contributed by atoms with Crippen LogP contribution in [-0.2, 0) is 0 Å².